The molecule has 0 aliphatic rings. The second kappa shape index (κ2) is 5.67. The summed E-state index contributed by atoms with van der Waals surface area (Å²) in [4.78, 5) is 4.22. The Bertz CT molecular complexity index is 583. The van der Waals surface area contributed by atoms with Crippen molar-refractivity contribution in [3.8, 4) is 6.07 Å². The first kappa shape index (κ1) is 12.6. The van der Waals surface area contributed by atoms with Gasteiger partial charge in [-0.2, -0.15) is 5.26 Å². The molecule has 0 unspecified atom stereocenters. The maximum absolute atomic E-state index is 8.75. The van der Waals surface area contributed by atoms with Gasteiger partial charge in [-0.3, -0.25) is 0 Å². The summed E-state index contributed by atoms with van der Waals surface area (Å²) in [6.45, 7) is 1.33. The molecule has 0 spiro atoms. The van der Waals surface area contributed by atoms with Crippen LogP contribution in [0.3, 0.4) is 0 Å². The van der Waals surface area contributed by atoms with Gasteiger partial charge in [-0.05, 0) is 17.7 Å². The molecule has 1 N–H and O–H groups in total. The fourth-order valence-electron chi connectivity index (χ4n) is 1.64. The van der Waals surface area contributed by atoms with Crippen molar-refractivity contribution >= 4 is 11.6 Å². The van der Waals surface area contributed by atoms with E-state index < -0.39 is 0 Å². The fourth-order valence-corrected chi connectivity index (χ4v) is 1.88. The maximum Gasteiger partial charge on any atom is 0.122 e. The summed E-state index contributed by atoms with van der Waals surface area (Å²) in [6, 6.07) is 7.38. The van der Waals surface area contributed by atoms with Gasteiger partial charge < -0.3 is 9.88 Å². The van der Waals surface area contributed by atoms with E-state index in [2.05, 4.69) is 16.4 Å². The Morgan fingerprint density at radius 3 is 2.89 bits per heavy atom. The molecule has 0 fully saturated rings. The summed E-state index contributed by atoms with van der Waals surface area (Å²) >= 11 is 6.09. The average molecular weight is 261 g/mol. The smallest absolute Gasteiger partial charge is 0.122 e. The normalized spacial score (nSPS) is 10.3. The number of hydrogen-bond acceptors (Lipinski definition) is 3. The van der Waals surface area contributed by atoms with Crippen molar-refractivity contribution in [2.45, 2.75) is 13.1 Å². The van der Waals surface area contributed by atoms with E-state index in [4.69, 9.17) is 16.9 Å². The Balaban J connectivity index is 1.95. The van der Waals surface area contributed by atoms with E-state index in [1.54, 1.807) is 18.3 Å². The Kier molecular flexibility index (Phi) is 3.98. The van der Waals surface area contributed by atoms with Gasteiger partial charge in [-0.25, -0.2) is 4.98 Å². The van der Waals surface area contributed by atoms with Crippen LogP contribution in [0.25, 0.3) is 0 Å². The monoisotopic (exact) mass is 260 g/mol. The van der Waals surface area contributed by atoms with Crippen LogP contribution < -0.4 is 5.32 Å². The first-order chi connectivity index (χ1) is 8.70. The molecule has 0 saturated heterocycles. The van der Waals surface area contributed by atoms with E-state index in [-0.39, 0.29) is 0 Å². The van der Waals surface area contributed by atoms with E-state index in [9.17, 15) is 0 Å². The predicted octanol–water partition coefficient (Wildman–Crippen LogP) is 2.23. The molecular formula is C13H13ClN4. The van der Waals surface area contributed by atoms with Crippen molar-refractivity contribution < 1.29 is 0 Å². The van der Waals surface area contributed by atoms with Crippen LogP contribution in [0.1, 0.15) is 17.0 Å². The molecule has 1 aromatic carbocycles. The molecule has 2 rings (SSSR count). The lowest BCUT2D eigenvalue weighted by Gasteiger charge is -2.07. The van der Waals surface area contributed by atoms with Gasteiger partial charge in [0.25, 0.3) is 0 Å². The van der Waals surface area contributed by atoms with Crippen molar-refractivity contribution in [2.75, 3.05) is 0 Å². The highest BCUT2D eigenvalue weighted by molar-refractivity contribution is 6.31. The van der Waals surface area contributed by atoms with Gasteiger partial charge in [-0.15, -0.1) is 0 Å². The number of aromatic nitrogens is 2. The van der Waals surface area contributed by atoms with Crippen molar-refractivity contribution in [2.24, 2.45) is 7.05 Å². The van der Waals surface area contributed by atoms with Crippen LogP contribution >= 0.6 is 11.6 Å². The summed E-state index contributed by atoms with van der Waals surface area (Å²) in [5.41, 5.74) is 1.55. The molecule has 0 amide bonds. The largest absolute Gasteiger partial charge is 0.337 e. The molecule has 0 radical (unpaired) electrons. The van der Waals surface area contributed by atoms with Gasteiger partial charge in [0.15, 0.2) is 0 Å². The number of benzene rings is 1. The molecule has 0 atom stereocenters. The Morgan fingerprint density at radius 2 is 2.28 bits per heavy atom. The van der Waals surface area contributed by atoms with Crippen LogP contribution in [-0.4, -0.2) is 9.55 Å². The zero-order valence-corrected chi connectivity index (χ0v) is 10.8. The lowest BCUT2D eigenvalue weighted by Crippen LogP contribution is -2.15. The van der Waals surface area contributed by atoms with Gasteiger partial charge in [0, 0.05) is 31.0 Å². The molecule has 0 aliphatic heterocycles. The van der Waals surface area contributed by atoms with Gasteiger partial charge >= 0.3 is 0 Å². The minimum absolute atomic E-state index is 0.577. The lowest BCUT2D eigenvalue weighted by molar-refractivity contribution is 0.639. The minimum Gasteiger partial charge on any atom is -0.337 e. The van der Waals surface area contributed by atoms with Gasteiger partial charge in [0.05, 0.1) is 18.2 Å². The zero-order chi connectivity index (χ0) is 13.0. The third-order valence-corrected chi connectivity index (χ3v) is 3.05. The van der Waals surface area contributed by atoms with Crippen molar-refractivity contribution in [3.05, 3.63) is 52.6 Å². The Labute approximate surface area is 111 Å². The van der Waals surface area contributed by atoms with E-state index in [1.165, 1.54) is 0 Å². The summed E-state index contributed by atoms with van der Waals surface area (Å²) < 4.78 is 1.97. The molecule has 0 bridgehead atoms. The van der Waals surface area contributed by atoms with E-state index in [1.807, 2.05) is 23.9 Å². The standard InChI is InChI=1S/C13H13ClN4/c1-18-5-4-17-13(18)9-16-8-11-3-2-10(7-15)6-12(11)14/h2-6,16H,8-9H2,1H3. The van der Waals surface area contributed by atoms with Crippen LogP contribution in [0, 0.1) is 11.3 Å². The summed E-state index contributed by atoms with van der Waals surface area (Å²) in [5.74, 6) is 0.972. The first-order valence-corrected chi connectivity index (χ1v) is 5.94. The van der Waals surface area contributed by atoms with E-state index >= 15 is 0 Å². The molecule has 2 aromatic rings. The topological polar surface area (TPSA) is 53.6 Å². The number of hydrogen-bond donors (Lipinski definition) is 1. The number of nitrogens with one attached hydrogen (secondary N) is 1. The quantitative estimate of drug-likeness (QED) is 0.917. The van der Waals surface area contributed by atoms with E-state index in [0.717, 1.165) is 11.4 Å². The number of imidazole rings is 1. The highest BCUT2D eigenvalue weighted by Crippen LogP contribution is 2.17. The van der Waals surface area contributed by atoms with Gasteiger partial charge in [0.2, 0.25) is 0 Å². The highest BCUT2D eigenvalue weighted by atomic mass is 35.5. The first-order valence-electron chi connectivity index (χ1n) is 5.56. The minimum atomic E-state index is 0.577. The third-order valence-electron chi connectivity index (χ3n) is 2.70. The Morgan fingerprint density at radius 1 is 1.44 bits per heavy atom. The van der Waals surface area contributed by atoms with Crippen molar-refractivity contribution in [1.82, 2.24) is 14.9 Å². The molecule has 5 heteroatoms. The number of nitriles is 1. The summed E-state index contributed by atoms with van der Waals surface area (Å²) in [7, 11) is 1.96. The maximum atomic E-state index is 8.75. The molecule has 1 aromatic heterocycles. The number of aryl methyl sites for hydroxylation is 1. The van der Waals surface area contributed by atoms with Crippen LogP contribution in [0.4, 0.5) is 0 Å². The second-order valence-electron chi connectivity index (χ2n) is 3.98. The number of nitrogens with zero attached hydrogens (tertiary/aromatic N) is 3. The fraction of sp³-hybridized carbons (Fsp3) is 0.231. The van der Waals surface area contributed by atoms with Gasteiger partial charge in [-0.1, -0.05) is 17.7 Å². The van der Waals surface area contributed by atoms with Crippen LogP contribution in [-0.2, 0) is 20.1 Å². The Hall–Kier alpha value is -1.83. The number of halogens is 1. The molecule has 92 valence electrons. The van der Waals surface area contributed by atoms with Crippen molar-refractivity contribution in [1.29, 1.82) is 5.26 Å². The van der Waals surface area contributed by atoms with E-state index in [0.29, 0.717) is 23.7 Å². The average Bonchev–Trinajstić information content (AvgIpc) is 2.77. The van der Waals surface area contributed by atoms with Crippen LogP contribution in [0.15, 0.2) is 30.6 Å². The molecule has 1 heterocycles. The summed E-state index contributed by atoms with van der Waals surface area (Å²) in [6.07, 6.45) is 3.68. The van der Waals surface area contributed by atoms with Gasteiger partial charge in [0.1, 0.15) is 5.82 Å². The molecule has 0 saturated carbocycles. The molecule has 18 heavy (non-hydrogen) atoms. The lowest BCUT2D eigenvalue weighted by atomic mass is 10.1. The molecule has 0 aliphatic carbocycles. The van der Waals surface area contributed by atoms with Crippen molar-refractivity contribution in [3.63, 3.8) is 0 Å². The third kappa shape index (κ3) is 2.89. The second-order valence-corrected chi connectivity index (χ2v) is 4.38. The zero-order valence-electron chi connectivity index (χ0n) is 10.0. The molecular weight excluding hydrogens is 248 g/mol. The number of rotatable bonds is 4. The molecule has 4 nitrogen and oxygen atoms in total. The van der Waals surface area contributed by atoms with Crippen LogP contribution in [0.2, 0.25) is 5.02 Å². The van der Waals surface area contributed by atoms with Crippen LogP contribution in [0.5, 0.6) is 0 Å². The highest BCUT2D eigenvalue weighted by Gasteiger charge is 2.03. The summed E-state index contributed by atoms with van der Waals surface area (Å²) in [5, 5.41) is 12.6. The SMILES string of the molecule is Cn1ccnc1CNCc1ccc(C#N)cc1Cl. The predicted molar refractivity (Wildman–Crippen MR) is 69.9 cm³/mol.